The van der Waals surface area contributed by atoms with Gasteiger partial charge in [-0.1, -0.05) is 24.3 Å². The van der Waals surface area contributed by atoms with Crippen molar-refractivity contribution >= 4 is 10.0 Å². The van der Waals surface area contributed by atoms with Crippen molar-refractivity contribution in [1.82, 2.24) is 4.72 Å². The number of hydrogen-bond acceptors (Lipinski definition) is 3. The molecular formula is C23H23F2NO3S. The van der Waals surface area contributed by atoms with Crippen molar-refractivity contribution in [1.29, 1.82) is 0 Å². The van der Waals surface area contributed by atoms with Gasteiger partial charge in [0.2, 0.25) is 10.0 Å². The SMILES string of the molecule is CCOc1ccc(S(=O)(=O)NC(Cc2ccc(F)cc2)Cc2ccc(F)cc2)cc1. The largest absolute Gasteiger partial charge is 0.494 e. The van der Waals surface area contributed by atoms with Gasteiger partial charge < -0.3 is 4.74 Å². The molecule has 0 bridgehead atoms. The van der Waals surface area contributed by atoms with Crippen molar-refractivity contribution in [3.8, 4) is 5.75 Å². The monoisotopic (exact) mass is 431 g/mol. The van der Waals surface area contributed by atoms with Gasteiger partial charge in [0.15, 0.2) is 0 Å². The Bertz CT molecular complexity index is 1000. The Labute approximate surface area is 175 Å². The van der Waals surface area contributed by atoms with Gasteiger partial charge in [0.25, 0.3) is 0 Å². The summed E-state index contributed by atoms with van der Waals surface area (Å²) in [4.78, 5) is 0.120. The Balaban J connectivity index is 1.82. The molecule has 0 spiro atoms. The second-order valence-electron chi connectivity index (χ2n) is 6.88. The van der Waals surface area contributed by atoms with Crippen LogP contribution < -0.4 is 9.46 Å². The molecule has 0 atom stereocenters. The van der Waals surface area contributed by atoms with E-state index >= 15 is 0 Å². The minimum absolute atomic E-state index is 0.120. The minimum Gasteiger partial charge on any atom is -0.494 e. The van der Waals surface area contributed by atoms with Crippen molar-refractivity contribution in [2.45, 2.75) is 30.7 Å². The van der Waals surface area contributed by atoms with Crippen LogP contribution in [-0.4, -0.2) is 21.1 Å². The number of ether oxygens (including phenoxy) is 1. The normalized spacial score (nSPS) is 11.6. The fraction of sp³-hybridized carbons (Fsp3) is 0.217. The highest BCUT2D eigenvalue weighted by Crippen LogP contribution is 2.18. The van der Waals surface area contributed by atoms with Crippen LogP contribution in [0.25, 0.3) is 0 Å². The molecular weight excluding hydrogens is 408 g/mol. The van der Waals surface area contributed by atoms with Gasteiger partial charge in [0.05, 0.1) is 11.5 Å². The zero-order valence-corrected chi connectivity index (χ0v) is 17.3. The van der Waals surface area contributed by atoms with Crippen LogP contribution in [0.5, 0.6) is 5.75 Å². The Morgan fingerprint density at radius 2 is 1.27 bits per heavy atom. The maximum atomic E-state index is 13.2. The summed E-state index contributed by atoms with van der Waals surface area (Å²) in [6.07, 6.45) is 0.710. The van der Waals surface area contributed by atoms with Crippen molar-refractivity contribution in [3.05, 3.63) is 95.6 Å². The summed E-state index contributed by atoms with van der Waals surface area (Å²) in [7, 11) is -3.80. The number of nitrogens with one attached hydrogen (secondary N) is 1. The zero-order chi connectivity index (χ0) is 21.6. The fourth-order valence-corrected chi connectivity index (χ4v) is 4.37. The first-order valence-corrected chi connectivity index (χ1v) is 11.1. The molecule has 4 nitrogen and oxygen atoms in total. The van der Waals surface area contributed by atoms with Crippen LogP contribution >= 0.6 is 0 Å². The predicted molar refractivity (Wildman–Crippen MR) is 112 cm³/mol. The van der Waals surface area contributed by atoms with E-state index in [0.717, 1.165) is 11.1 Å². The lowest BCUT2D eigenvalue weighted by Crippen LogP contribution is -2.38. The maximum absolute atomic E-state index is 13.2. The molecule has 0 aliphatic heterocycles. The van der Waals surface area contributed by atoms with Crippen molar-refractivity contribution in [3.63, 3.8) is 0 Å². The average molecular weight is 432 g/mol. The van der Waals surface area contributed by atoms with Crippen LogP contribution in [0.4, 0.5) is 8.78 Å². The van der Waals surface area contributed by atoms with E-state index in [1.165, 1.54) is 36.4 Å². The van der Waals surface area contributed by atoms with Crippen LogP contribution in [0.2, 0.25) is 0 Å². The zero-order valence-electron chi connectivity index (χ0n) is 16.5. The number of rotatable bonds is 9. The molecule has 0 aliphatic rings. The van der Waals surface area contributed by atoms with E-state index in [1.807, 2.05) is 6.92 Å². The van der Waals surface area contributed by atoms with Gasteiger partial charge in [0, 0.05) is 6.04 Å². The van der Waals surface area contributed by atoms with Gasteiger partial charge in [-0.15, -0.1) is 0 Å². The molecule has 3 aromatic rings. The molecule has 0 aliphatic carbocycles. The molecule has 0 amide bonds. The van der Waals surface area contributed by atoms with Crippen molar-refractivity contribution in [2.24, 2.45) is 0 Å². The van der Waals surface area contributed by atoms with E-state index in [-0.39, 0.29) is 16.5 Å². The third kappa shape index (κ3) is 6.11. The smallest absolute Gasteiger partial charge is 0.240 e. The van der Waals surface area contributed by atoms with Crippen LogP contribution in [0.15, 0.2) is 77.7 Å². The predicted octanol–water partition coefficient (Wildman–Crippen LogP) is 4.50. The van der Waals surface area contributed by atoms with Crippen molar-refractivity contribution < 1.29 is 21.9 Å². The summed E-state index contributed by atoms with van der Waals surface area (Å²) < 4.78 is 60.4. The molecule has 1 N–H and O–H groups in total. The number of hydrogen-bond donors (Lipinski definition) is 1. The van der Waals surface area contributed by atoms with Crippen LogP contribution in [-0.2, 0) is 22.9 Å². The molecule has 3 rings (SSSR count). The lowest BCUT2D eigenvalue weighted by Gasteiger charge is -2.19. The first-order chi connectivity index (χ1) is 14.4. The van der Waals surface area contributed by atoms with Gasteiger partial charge >= 0.3 is 0 Å². The van der Waals surface area contributed by atoms with Gasteiger partial charge in [0.1, 0.15) is 17.4 Å². The molecule has 3 aromatic carbocycles. The molecule has 30 heavy (non-hydrogen) atoms. The summed E-state index contributed by atoms with van der Waals surface area (Å²) in [6.45, 7) is 2.34. The second-order valence-corrected chi connectivity index (χ2v) is 8.60. The fourth-order valence-electron chi connectivity index (χ4n) is 3.13. The van der Waals surface area contributed by atoms with Crippen LogP contribution in [0, 0.1) is 11.6 Å². The Hall–Kier alpha value is -2.77. The Morgan fingerprint density at radius 1 is 0.800 bits per heavy atom. The molecule has 0 saturated heterocycles. The van der Waals surface area contributed by atoms with Crippen LogP contribution in [0.3, 0.4) is 0 Å². The molecule has 0 saturated carbocycles. The van der Waals surface area contributed by atoms with Gasteiger partial charge in [-0.2, -0.15) is 0 Å². The first-order valence-electron chi connectivity index (χ1n) is 9.60. The summed E-state index contributed by atoms with van der Waals surface area (Å²) in [5.74, 6) is -0.127. The topological polar surface area (TPSA) is 55.4 Å². The molecule has 0 heterocycles. The van der Waals surface area contributed by atoms with Crippen LogP contribution in [0.1, 0.15) is 18.1 Å². The highest BCUT2D eigenvalue weighted by atomic mass is 32.2. The first kappa shape index (κ1) is 21.9. The lowest BCUT2D eigenvalue weighted by atomic mass is 10.00. The third-order valence-corrected chi connectivity index (χ3v) is 6.09. The molecule has 0 radical (unpaired) electrons. The highest BCUT2D eigenvalue weighted by Gasteiger charge is 2.21. The lowest BCUT2D eigenvalue weighted by molar-refractivity contribution is 0.340. The summed E-state index contributed by atoms with van der Waals surface area (Å²) in [6, 6.07) is 17.5. The van der Waals surface area contributed by atoms with E-state index in [1.54, 1.807) is 36.4 Å². The van der Waals surface area contributed by atoms with Crippen molar-refractivity contribution in [2.75, 3.05) is 6.61 Å². The molecule has 0 aromatic heterocycles. The number of halogens is 2. The highest BCUT2D eigenvalue weighted by molar-refractivity contribution is 7.89. The van der Waals surface area contributed by atoms with E-state index in [4.69, 9.17) is 4.74 Å². The summed E-state index contributed by atoms with van der Waals surface area (Å²) >= 11 is 0. The third-order valence-electron chi connectivity index (χ3n) is 4.56. The van der Waals surface area contributed by atoms with Gasteiger partial charge in [-0.25, -0.2) is 21.9 Å². The maximum Gasteiger partial charge on any atom is 0.240 e. The Morgan fingerprint density at radius 3 is 1.70 bits per heavy atom. The van der Waals surface area contributed by atoms with E-state index in [0.29, 0.717) is 25.2 Å². The van der Waals surface area contributed by atoms with E-state index in [9.17, 15) is 17.2 Å². The molecule has 7 heteroatoms. The number of benzene rings is 3. The second kappa shape index (κ2) is 9.82. The molecule has 0 unspecified atom stereocenters. The molecule has 158 valence electrons. The van der Waals surface area contributed by atoms with Gasteiger partial charge in [-0.05, 0) is 79.4 Å². The van der Waals surface area contributed by atoms with E-state index < -0.39 is 16.1 Å². The standard InChI is InChI=1S/C23H23F2NO3S/c1-2-29-22-11-13-23(14-12-22)30(27,28)26-21(15-17-3-7-19(24)8-4-17)16-18-5-9-20(25)10-6-18/h3-14,21,26H,2,15-16H2,1H3. The van der Waals surface area contributed by atoms with Gasteiger partial charge in [-0.3, -0.25) is 0 Å². The molecule has 0 fully saturated rings. The van der Waals surface area contributed by atoms with E-state index in [2.05, 4.69) is 4.72 Å². The average Bonchev–Trinajstić information content (AvgIpc) is 2.72. The quantitative estimate of drug-likeness (QED) is 0.543. The number of sulfonamides is 1. The summed E-state index contributed by atoms with van der Waals surface area (Å²) in [5, 5.41) is 0. The minimum atomic E-state index is -3.80. The summed E-state index contributed by atoms with van der Waals surface area (Å²) in [5.41, 5.74) is 1.58. The Kier molecular flexibility index (Phi) is 7.18.